The summed E-state index contributed by atoms with van der Waals surface area (Å²) < 4.78 is 5.09. The number of hydrogen-bond donors (Lipinski definition) is 1. The van der Waals surface area contributed by atoms with E-state index >= 15 is 0 Å². The van der Waals surface area contributed by atoms with Gasteiger partial charge in [-0.25, -0.2) is 0 Å². The average Bonchev–Trinajstić information content (AvgIpc) is 2.44. The summed E-state index contributed by atoms with van der Waals surface area (Å²) in [5.41, 5.74) is 1.21. The summed E-state index contributed by atoms with van der Waals surface area (Å²) in [5.74, 6) is 1.41. The first-order valence-electron chi connectivity index (χ1n) is 6.89. The summed E-state index contributed by atoms with van der Waals surface area (Å²) in [4.78, 5) is 11.8. The van der Waals surface area contributed by atoms with Crippen molar-refractivity contribution in [1.82, 2.24) is 5.32 Å². The van der Waals surface area contributed by atoms with Crippen LogP contribution in [-0.4, -0.2) is 30.9 Å². The molecule has 0 spiro atoms. The maximum atomic E-state index is 11.8. The van der Waals surface area contributed by atoms with Crippen LogP contribution in [-0.2, 0) is 15.3 Å². The van der Waals surface area contributed by atoms with Crippen molar-refractivity contribution in [2.24, 2.45) is 0 Å². The summed E-state index contributed by atoms with van der Waals surface area (Å²) in [6.45, 7) is 5.15. The quantitative estimate of drug-likeness (QED) is 0.708. The van der Waals surface area contributed by atoms with Crippen LogP contribution in [0, 0.1) is 0 Å². The highest BCUT2D eigenvalue weighted by atomic mass is 35.5. The molecule has 0 aliphatic heterocycles. The Bertz CT molecular complexity index is 397. The summed E-state index contributed by atoms with van der Waals surface area (Å²) in [6, 6.07) is 7.56. The smallest absolute Gasteiger partial charge is 0.323 e. The van der Waals surface area contributed by atoms with Gasteiger partial charge in [0, 0.05) is 16.5 Å². The molecule has 0 saturated heterocycles. The Hall–Kier alpha value is -0.710. The van der Waals surface area contributed by atoms with Crippen molar-refractivity contribution in [1.29, 1.82) is 0 Å². The minimum atomic E-state index is -0.229. The van der Waals surface area contributed by atoms with Crippen LogP contribution in [0.4, 0.5) is 0 Å². The highest BCUT2D eigenvalue weighted by Crippen LogP contribution is 2.16. The third kappa shape index (κ3) is 6.64. The third-order valence-corrected chi connectivity index (χ3v) is 4.04. The number of hydrogen-bond acceptors (Lipinski definition) is 4. The van der Waals surface area contributed by atoms with Crippen LogP contribution in [0.2, 0.25) is 5.02 Å². The summed E-state index contributed by atoms with van der Waals surface area (Å²) in [5, 5.41) is 3.98. The van der Waals surface area contributed by atoms with Gasteiger partial charge in [0.15, 0.2) is 0 Å². The Morgan fingerprint density at radius 2 is 2.05 bits per heavy atom. The summed E-state index contributed by atoms with van der Waals surface area (Å²) in [7, 11) is 0. The van der Waals surface area contributed by atoms with E-state index in [4.69, 9.17) is 16.3 Å². The highest BCUT2D eigenvalue weighted by Gasteiger charge is 2.18. The van der Waals surface area contributed by atoms with E-state index in [1.165, 1.54) is 5.56 Å². The molecule has 0 heterocycles. The van der Waals surface area contributed by atoms with Crippen molar-refractivity contribution in [3.63, 3.8) is 0 Å². The van der Waals surface area contributed by atoms with Gasteiger partial charge in [-0.05, 0) is 37.6 Å². The first kappa shape index (κ1) is 17.3. The molecule has 0 amide bonds. The van der Waals surface area contributed by atoms with Crippen molar-refractivity contribution < 1.29 is 9.53 Å². The van der Waals surface area contributed by atoms with Gasteiger partial charge in [0.25, 0.3) is 0 Å². The van der Waals surface area contributed by atoms with E-state index in [0.29, 0.717) is 12.4 Å². The largest absolute Gasteiger partial charge is 0.465 e. The lowest BCUT2D eigenvalue weighted by molar-refractivity contribution is -0.144. The SMILES string of the molecule is CCCNC(CSCc1ccc(Cl)cc1)C(=O)OCC. The summed E-state index contributed by atoms with van der Waals surface area (Å²) >= 11 is 7.57. The van der Waals surface area contributed by atoms with Crippen LogP contribution in [0.5, 0.6) is 0 Å². The maximum absolute atomic E-state index is 11.8. The van der Waals surface area contributed by atoms with Gasteiger partial charge in [-0.15, -0.1) is 0 Å². The fourth-order valence-electron chi connectivity index (χ4n) is 1.65. The van der Waals surface area contributed by atoms with E-state index in [1.807, 2.05) is 31.2 Å². The normalized spacial score (nSPS) is 12.2. The second-order valence-electron chi connectivity index (χ2n) is 4.40. The molecule has 0 aromatic heterocycles. The number of thioether (sulfide) groups is 1. The Kier molecular flexibility index (Phi) is 8.74. The fourth-order valence-corrected chi connectivity index (χ4v) is 2.81. The van der Waals surface area contributed by atoms with Gasteiger partial charge in [0.1, 0.15) is 6.04 Å². The first-order valence-corrected chi connectivity index (χ1v) is 8.42. The summed E-state index contributed by atoms with van der Waals surface area (Å²) in [6.07, 6.45) is 0.998. The van der Waals surface area contributed by atoms with Crippen LogP contribution in [0.25, 0.3) is 0 Å². The molecule has 1 aromatic carbocycles. The number of halogens is 1. The van der Waals surface area contributed by atoms with Crippen molar-refractivity contribution >= 4 is 29.3 Å². The average molecular weight is 316 g/mol. The Labute approximate surface area is 130 Å². The lowest BCUT2D eigenvalue weighted by Crippen LogP contribution is -2.40. The molecule has 3 nitrogen and oxygen atoms in total. The Balaban J connectivity index is 2.40. The molecule has 0 saturated carbocycles. The second kappa shape index (κ2) is 10.1. The number of esters is 1. The standard InChI is InChI=1S/C15H22ClNO2S/c1-3-9-17-14(15(18)19-4-2)11-20-10-12-5-7-13(16)8-6-12/h5-8,14,17H,3-4,9-11H2,1-2H3. The lowest BCUT2D eigenvalue weighted by Gasteiger charge is -2.16. The number of nitrogens with one attached hydrogen (secondary N) is 1. The molecule has 0 bridgehead atoms. The first-order chi connectivity index (χ1) is 9.67. The molecule has 0 aliphatic carbocycles. The lowest BCUT2D eigenvalue weighted by atomic mass is 10.2. The minimum absolute atomic E-state index is 0.162. The van der Waals surface area contributed by atoms with Crippen molar-refractivity contribution in [2.45, 2.75) is 32.1 Å². The molecule has 0 aliphatic rings. The number of carbonyl (C=O) groups is 1. The van der Waals surface area contributed by atoms with E-state index in [9.17, 15) is 4.79 Å². The Morgan fingerprint density at radius 1 is 1.35 bits per heavy atom. The number of carbonyl (C=O) groups excluding carboxylic acids is 1. The van der Waals surface area contributed by atoms with E-state index < -0.39 is 0 Å². The molecule has 5 heteroatoms. The van der Waals surface area contributed by atoms with E-state index in [0.717, 1.165) is 23.7 Å². The van der Waals surface area contributed by atoms with Crippen molar-refractivity contribution in [2.75, 3.05) is 18.9 Å². The van der Waals surface area contributed by atoms with Gasteiger partial charge < -0.3 is 10.1 Å². The minimum Gasteiger partial charge on any atom is -0.465 e. The molecule has 112 valence electrons. The van der Waals surface area contributed by atoms with Crippen molar-refractivity contribution in [3.05, 3.63) is 34.9 Å². The van der Waals surface area contributed by atoms with Gasteiger partial charge in [0.2, 0.25) is 0 Å². The number of rotatable bonds is 9. The molecule has 1 rings (SSSR count). The van der Waals surface area contributed by atoms with E-state index in [2.05, 4.69) is 12.2 Å². The molecular weight excluding hydrogens is 294 g/mol. The molecule has 0 fully saturated rings. The second-order valence-corrected chi connectivity index (χ2v) is 5.87. The molecular formula is C15H22ClNO2S. The van der Waals surface area contributed by atoms with Crippen LogP contribution < -0.4 is 5.32 Å². The number of ether oxygens (including phenoxy) is 1. The Morgan fingerprint density at radius 3 is 2.65 bits per heavy atom. The van der Waals surface area contributed by atoms with Crippen LogP contribution in [0.15, 0.2) is 24.3 Å². The molecule has 1 aromatic rings. The molecule has 20 heavy (non-hydrogen) atoms. The van der Waals surface area contributed by atoms with Gasteiger partial charge >= 0.3 is 5.97 Å². The third-order valence-electron chi connectivity index (χ3n) is 2.68. The molecule has 1 atom stereocenters. The van der Waals surface area contributed by atoms with Gasteiger partial charge in [0.05, 0.1) is 6.61 Å². The van der Waals surface area contributed by atoms with Crippen LogP contribution in [0.1, 0.15) is 25.8 Å². The number of benzene rings is 1. The predicted octanol–water partition coefficient (Wildman–Crippen LogP) is 3.50. The zero-order chi connectivity index (χ0) is 14.8. The zero-order valence-corrected chi connectivity index (χ0v) is 13.6. The predicted molar refractivity (Wildman–Crippen MR) is 86.3 cm³/mol. The monoisotopic (exact) mass is 315 g/mol. The van der Waals surface area contributed by atoms with E-state index in [1.54, 1.807) is 11.8 Å². The van der Waals surface area contributed by atoms with Crippen LogP contribution >= 0.6 is 23.4 Å². The zero-order valence-electron chi connectivity index (χ0n) is 12.0. The van der Waals surface area contributed by atoms with Crippen LogP contribution in [0.3, 0.4) is 0 Å². The molecule has 1 unspecified atom stereocenters. The topological polar surface area (TPSA) is 38.3 Å². The fraction of sp³-hybridized carbons (Fsp3) is 0.533. The maximum Gasteiger partial charge on any atom is 0.323 e. The van der Waals surface area contributed by atoms with E-state index in [-0.39, 0.29) is 12.0 Å². The van der Waals surface area contributed by atoms with Gasteiger partial charge in [-0.3, -0.25) is 4.79 Å². The highest BCUT2D eigenvalue weighted by molar-refractivity contribution is 7.98. The van der Waals surface area contributed by atoms with Gasteiger partial charge in [-0.2, -0.15) is 11.8 Å². The van der Waals surface area contributed by atoms with Gasteiger partial charge in [-0.1, -0.05) is 30.7 Å². The molecule has 1 N–H and O–H groups in total. The molecule has 0 radical (unpaired) electrons. The van der Waals surface area contributed by atoms with Crippen molar-refractivity contribution in [3.8, 4) is 0 Å².